The summed E-state index contributed by atoms with van der Waals surface area (Å²) in [6.45, 7) is 12.2. The molecule has 4 aromatic rings. The van der Waals surface area contributed by atoms with Crippen LogP contribution in [-0.4, -0.2) is 48.6 Å². The Bertz CT molecular complexity index is 2420. The molecule has 2 aliphatic carbocycles. The van der Waals surface area contributed by atoms with Gasteiger partial charge in [-0.2, -0.15) is 25.6 Å². The monoisotopic (exact) mass is 836 g/mol. The molecule has 58 heavy (non-hydrogen) atoms. The number of sulfonamides is 2. The minimum Gasteiger partial charge on any atom is -0.268 e. The van der Waals surface area contributed by atoms with Crippen LogP contribution in [0.3, 0.4) is 0 Å². The van der Waals surface area contributed by atoms with E-state index in [1.807, 2.05) is 51.0 Å². The number of rotatable bonds is 8. The van der Waals surface area contributed by atoms with Crippen molar-refractivity contribution < 1.29 is 35.2 Å². The lowest BCUT2D eigenvalue weighted by Gasteiger charge is -2.26. The van der Waals surface area contributed by atoms with Crippen molar-refractivity contribution in [3.8, 4) is 0 Å². The predicted molar refractivity (Wildman–Crippen MR) is 216 cm³/mol. The van der Waals surface area contributed by atoms with Gasteiger partial charge in [0.2, 0.25) is 11.9 Å². The number of hydrogen-bond donors (Lipinski definition) is 2. The summed E-state index contributed by atoms with van der Waals surface area (Å²) >= 11 is 0. The zero-order chi connectivity index (χ0) is 42.5. The Kier molecular flexibility index (Phi) is 13.6. The SMILES string of the molecule is CC(C)(C)c1ccc(C(=O)NS(=O)(=O)c2cccc(F)n2)c(C2=CCCCC2)n1.CC(C)(C)c1ccc(C(=O)NS(=O)(=O)c2cccc(F)n2)c(C2CCCCC2)n1. The van der Waals surface area contributed by atoms with Crippen LogP contribution in [0.25, 0.3) is 5.57 Å². The van der Waals surface area contributed by atoms with E-state index in [9.17, 15) is 35.2 Å². The van der Waals surface area contributed by atoms with Crippen LogP contribution in [0, 0.1) is 11.9 Å². The molecular weight excluding hydrogens is 787 g/mol. The molecule has 0 radical (unpaired) electrons. The molecule has 16 heteroatoms. The topological polar surface area (TPSA) is 178 Å². The smallest absolute Gasteiger partial charge is 0.268 e. The van der Waals surface area contributed by atoms with Crippen molar-refractivity contribution in [1.82, 2.24) is 29.4 Å². The summed E-state index contributed by atoms with van der Waals surface area (Å²) in [6.07, 6.45) is 10.9. The summed E-state index contributed by atoms with van der Waals surface area (Å²) in [5.74, 6) is -3.35. The Labute approximate surface area is 339 Å². The third-order valence-corrected chi connectivity index (χ3v) is 12.3. The van der Waals surface area contributed by atoms with Gasteiger partial charge in [0.25, 0.3) is 31.9 Å². The van der Waals surface area contributed by atoms with E-state index < -0.39 is 53.8 Å². The molecule has 0 aromatic carbocycles. The van der Waals surface area contributed by atoms with E-state index in [1.165, 1.54) is 12.1 Å². The molecule has 2 aliphatic rings. The van der Waals surface area contributed by atoms with Crippen LogP contribution in [0.15, 0.2) is 76.8 Å². The highest BCUT2D eigenvalue weighted by molar-refractivity contribution is 7.90. The van der Waals surface area contributed by atoms with E-state index in [4.69, 9.17) is 9.97 Å². The molecule has 0 bridgehead atoms. The van der Waals surface area contributed by atoms with Gasteiger partial charge in [-0.1, -0.05) is 79.0 Å². The number of amides is 2. The van der Waals surface area contributed by atoms with Crippen molar-refractivity contribution in [2.45, 2.75) is 126 Å². The second-order valence-corrected chi connectivity index (χ2v) is 19.8. The number of aromatic nitrogens is 4. The zero-order valence-corrected chi connectivity index (χ0v) is 35.2. The highest BCUT2D eigenvalue weighted by atomic mass is 32.2. The highest BCUT2D eigenvalue weighted by Crippen LogP contribution is 2.35. The number of pyridine rings is 4. The lowest BCUT2D eigenvalue weighted by atomic mass is 9.83. The van der Waals surface area contributed by atoms with Gasteiger partial charge in [0, 0.05) is 28.1 Å². The third-order valence-electron chi connectivity index (χ3n) is 9.82. The Morgan fingerprint density at radius 3 is 1.60 bits per heavy atom. The lowest BCUT2D eigenvalue weighted by molar-refractivity contribution is 0.0970. The van der Waals surface area contributed by atoms with E-state index in [0.29, 0.717) is 11.4 Å². The number of nitrogens with one attached hydrogen (secondary N) is 2. The molecule has 0 spiro atoms. The number of halogens is 2. The normalized spacial score (nSPS) is 15.4. The molecule has 0 saturated heterocycles. The Morgan fingerprint density at radius 1 is 0.621 bits per heavy atom. The number of carbonyl (C=O) groups excluding carboxylic acids is 2. The quantitative estimate of drug-likeness (QED) is 0.165. The molecule has 12 nitrogen and oxygen atoms in total. The average Bonchev–Trinajstić information content (AvgIpc) is 3.17. The summed E-state index contributed by atoms with van der Waals surface area (Å²) < 4.78 is 80.6. The van der Waals surface area contributed by atoms with E-state index in [2.05, 4.69) is 16.0 Å². The Hall–Kier alpha value is -4.96. The van der Waals surface area contributed by atoms with E-state index in [0.717, 1.165) is 99.0 Å². The largest absolute Gasteiger partial charge is 0.281 e. The predicted octanol–water partition coefficient (Wildman–Crippen LogP) is 8.07. The maximum Gasteiger partial charge on any atom is 0.281 e. The number of nitrogens with zero attached hydrogens (tertiary/aromatic N) is 4. The van der Waals surface area contributed by atoms with Crippen LogP contribution in [0.1, 0.15) is 149 Å². The summed E-state index contributed by atoms with van der Waals surface area (Å²) in [4.78, 5) is 42.0. The first-order chi connectivity index (χ1) is 27.2. The van der Waals surface area contributed by atoms with Crippen LogP contribution in [-0.2, 0) is 30.9 Å². The van der Waals surface area contributed by atoms with Crippen molar-refractivity contribution >= 4 is 37.4 Å². The second kappa shape index (κ2) is 17.9. The Morgan fingerprint density at radius 2 is 1.12 bits per heavy atom. The molecule has 4 heterocycles. The fourth-order valence-corrected chi connectivity index (χ4v) is 8.51. The molecule has 6 rings (SSSR count). The van der Waals surface area contributed by atoms with Gasteiger partial charge in [0.15, 0.2) is 10.1 Å². The summed E-state index contributed by atoms with van der Waals surface area (Å²) in [5, 5.41) is -1.09. The van der Waals surface area contributed by atoms with Gasteiger partial charge in [-0.15, -0.1) is 0 Å². The van der Waals surface area contributed by atoms with Crippen LogP contribution < -0.4 is 9.44 Å². The summed E-state index contributed by atoms with van der Waals surface area (Å²) in [7, 11) is -8.61. The number of hydrogen-bond acceptors (Lipinski definition) is 10. The first-order valence-electron chi connectivity index (χ1n) is 19.3. The van der Waals surface area contributed by atoms with Crippen LogP contribution >= 0.6 is 0 Å². The standard InChI is InChI=1S/C21H26FN3O3S.C21H24FN3O3S/c2*1-21(2,3)16-13-12-15(19(23-16)14-8-5-4-6-9-14)20(26)25-29(27,28)18-11-7-10-17(22)24-18/h7,10-14H,4-6,8-9H2,1-3H3,(H,25,26);7-8,10-13H,4-6,9H2,1-3H3,(H,25,26). The third kappa shape index (κ3) is 11.2. The first kappa shape index (κ1) is 44.1. The van der Waals surface area contributed by atoms with Crippen molar-refractivity contribution in [3.05, 3.63) is 113 Å². The second-order valence-electron chi connectivity index (χ2n) is 16.5. The molecule has 1 fully saturated rings. The van der Waals surface area contributed by atoms with Crippen molar-refractivity contribution in [2.24, 2.45) is 0 Å². The van der Waals surface area contributed by atoms with Gasteiger partial charge in [0.05, 0.1) is 22.5 Å². The van der Waals surface area contributed by atoms with Crippen LogP contribution in [0.4, 0.5) is 8.78 Å². The maximum absolute atomic E-state index is 13.3. The minimum atomic E-state index is -4.31. The summed E-state index contributed by atoms with van der Waals surface area (Å²) in [5.41, 5.74) is 3.72. The van der Waals surface area contributed by atoms with Gasteiger partial charge >= 0.3 is 0 Å². The van der Waals surface area contributed by atoms with Gasteiger partial charge < -0.3 is 0 Å². The molecule has 2 N–H and O–H groups in total. The molecule has 0 atom stereocenters. The van der Waals surface area contributed by atoms with Gasteiger partial charge in [-0.25, -0.2) is 19.4 Å². The molecular formula is C42H50F2N6O6S2. The van der Waals surface area contributed by atoms with Crippen LogP contribution in [0.5, 0.6) is 0 Å². The highest BCUT2D eigenvalue weighted by Gasteiger charge is 2.30. The molecule has 310 valence electrons. The van der Waals surface area contributed by atoms with Crippen molar-refractivity contribution in [1.29, 1.82) is 0 Å². The van der Waals surface area contributed by atoms with E-state index >= 15 is 0 Å². The first-order valence-corrected chi connectivity index (χ1v) is 22.2. The maximum atomic E-state index is 13.3. The minimum absolute atomic E-state index is 0.113. The van der Waals surface area contributed by atoms with E-state index in [-0.39, 0.29) is 27.9 Å². The zero-order valence-electron chi connectivity index (χ0n) is 33.6. The molecule has 2 amide bonds. The summed E-state index contributed by atoms with van der Waals surface area (Å²) in [6, 6.07) is 13.5. The van der Waals surface area contributed by atoms with Gasteiger partial charge in [0.1, 0.15) is 0 Å². The fourth-order valence-electron chi connectivity index (χ4n) is 6.67. The van der Waals surface area contributed by atoms with E-state index in [1.54, 1.807) is 24.3 Å². The Balaban J connectivity index is 0.000000221. The van der Waals surface area contributed by atoms with Gasteiger partial charge in [-0.05, 0) is 92.6 Å². The molecule has 0 unspecified atom stereocenters. The van der Waals surface area contributed by atoms with Crippen molar-refractivity contribution in [2.75, 3.05) is 0 Å². The average molecular weight is 837 g/mol. The molecule has 1 saturated carbocycles. The van der Waals surface area contributed by atoms with Crippen LogP contribution in [0.2, 0.25) is 0 Å². The number of allylic oxidation sites excluding steroid dienone is 2. The van der Waals surface area contributed by atoms with Crippen molar-refractivity contribution in [3.63, 3.8) is 0 Å². The van der Waals surface area contributed by atoms with Gasteiger partial charge in [-0.3, -0.25) is 19.6 Å². The molecule has 4 aromatic heterocycles. The lowest BCUT2D eigenvalue weighted by Crippen LogP contribution is -2.33. The fraction of sp³-hybridized carbons (Fsp3) is 0.429. The molecule has 0 aliphatic heterocycles. The number of carbonyl (C=O) groups is 2.